The summed E-state index contributed by atoms with van der Waals surface area (Å²) < 4.78 is 11.4. The van der Waals surface area contributed by atoms with Crippen molar-refractivity contribution >= 4 is 11.4 Å². The first kappa shape index (κ1) is 18.5. The second-order valence-corrected chi connectivity index (χ2v) is 6.18. The zero-order chi connectivity index (χ0) is 19.4. The first-order chi connectivity index (χ1) is 13.1. The van der Waals surface area contributed by atoms with Gasteiger partial charge in [-0.05, 0) is 49.6 Å². The van der Waals surface area contributed by atoms with Crippen LogP contribution in [0.25, 0.3) is 0 Å². The van der Waals surface area contributed by atoms with E-state index in [2.05, 4.69) is 11.0 Å². The van der Waals surface area contributed by atoms with E-state index in [1.54, 1.807) is 6.07 Å². The molecule has 0 atom stereocenters. The molecule has 0 spiro atoms. The van der Waals surface area contributed by atoms with Crippen molar-refractivity contribution in [1.82, 2.24) is 0 Å². The SMILES string of the molecule is CCOc1cc2c(cc1OCC)CN(c1ccc([N+](=O)[O-])cc1C#N)CC2. The molecular weight excluding hydrogens is 346 g/mol. The molecule has 2 aromatic carbocycles. The van der Waals surface area contributed by atoms with Crippen LogP contribution in [0.5, 0.6) is 11.5 Å². The molecule has 0 bridgehead atoms. The van der Waals surface area contributed by atoms with Gasteiger partial charge in [0.1, 0.15) is 6.07 Å². The molecule has 1 heterocycles. The van der Waals surface area contributed by atoms with Crippen LogP contribution in [0.3, 0.4) is 0 Å². The summed E-state index contributed by atoms with van der Waals surface area (Å²) in [7, 11) is 0. The van der Waals surface area contributed by atoms with E-state index in [9.17, 15) is 15.4 Å². The second-order valence-electron chi connectivity index (χ2n) is 6.18. The third-order valence-electron chi connectivity index (χ3n) is 4.53. The highest BCUT2D eigenvalue weighted by atomic mass is 16.6. The summed E-state index contributed by atoms with van der Waals surface area (Å²) in [5.74, 6) is 1.46. The molecule has 0 amide bonds. The Balaban J connectivity index is 1.93. The lowest BCUT2D eigenvalue weighted by Crippen LogP contribution is -2.31. The molecule has 0 aromatic heterocycles. The largest absolute Gasteiger partial charge is 0.490 e. The zero-order valence-corrected chi connectivity index (χ0v) is 15.4. The molecule has 0 aliphatic carbocycles. The van der Waals surface area contributed by atoms with E-state index < -0.39 is 4.92 Å². The number of nitro benzene ring substituents is 1. The Labute approximate surface area is 157 Å². The van der Waals surface area contributed by atoms with Gasteiger partial charge in [-0.1, -0.05) is 0 Å². The van der Waals surface area contributed by atoms with Gasteiger partial charge in [-0.2, -0.15) is 5.26 Å². The summed E-state index contributed by atoms with van der Waals surface area (Å²) in [5, 5.41) is 20.4. The van der Waals surface area contributed by atoms with Crippen molar-refractivity contribution in [2.45, 2.75) is 26.8 Å². The average Bonchev–Trinajstić information content (AvgIpc) is 2.68. The Morgan fingerprint density at radius 1 is 1.15 bits per heavy atom. The van der Waals surface area contributed by atoms with E-state index >= 15 is 0 Å². The van der Waals surface area contributed by atoms with Gasteiger partial charge in [0.05, 0.1) is 29.4 Å². The molecule has 0 fully saturated rings. The minimum atomic E-state index is -0.486. The lowest BCUT2D eigenvalue weighted by atomic mass is 9.97. The number of non-ortho nitro benzene ring substituents is 1. The van der Waals surface area contributed by atoms with E-state index in [1.165, 1.54) is 17.7 Å². The van der Waals surface area contributed by atoms with Gasteiger partial charge in [0, 0.05) is 25.2 Å². The summed E-state index contributed by atoms with van der Waals surface area (Å²) in [6, 6.07) is 10.5. The minimum Gasteiger partial charge on any atom is -0.490 e. The van der Waals surface area contributed by atoms with Gasteiger partial charge in [-0.25, -0.2) is 0 Å². The van der Waals surface area contributed by atoms with Gasteiger partial charge in [0.15, 0.2) is 11.5 Å². The number of rotatable bonds is 6. The Morgan fingerprint density at radius 2 is 1.81 bits per heavy atom. The quantitative estimate of drug-likeness (QED) is 0.569. The van der Waals surface area contributed by atoms with Crippen molar-refractivity contribution in [2.24, 2.45) is 0 Å². The highest BCUT2D eigenvalue weighted by Gasteiger charge is 2.23. The normalized spacial score (nSPS) is 12.9. The van der Waals surface area contributed by atoms with Gasteiger partial charge in [0.2, 0.25) is 0 Å². The Kier molecular flexibility index (Phi) is 5.46. The van der Waals surface area contributed by atoms with Gasteiger partial charge in [-0.15, -0.1) is 0 Å². The molecule has 7 nitrogen and oxygen atoms in total. The smallest absolute Gasteiger partial charge is 0.270 e. The topological polar surface area (TPSA) is 88.6 Å². The van der Waals surface area contributed by atoms with Crippen LogP contribution in [0.15, 0.2) is 30.3 Å². The van der Waals surface area contributed by atoms with Crippen LogP contribution < -0.4 is 14.4 Å². The number of nitriles is 1. The van der Waals surface area contributed by atoms with E-state index in [-0.39, 0.29) is 5.69 Å². The number of nitrogens with zero attached hydrogens (tertiary/aromatic N) is 3. The number of fused-ring (bicyclic) bond motifs is 1. The summed E-state index contributed by atoms with van der Waals surface area (Å²) in [5.41, 5.74) is 3.24. The first-order valence-electron chi connectivity index (χ1n) is 8.92. The van der Waals surface area contributed by atoms with Gasteiger partial charge >= 0.3 is 0 Å². The third-order valence-corrected chi connectivity index (χ3v) is 4.53. The van der Waals surface area contributed by atoms with Crippen molar-refractivity contribution in [3.05, 3.63) is 57.1 Å². The van der Waals surface area contributed by atoms with Crippen molar-refractivity contribution in [1.29, 1.82) is 5.26 Å². The number of hydrogen-bond donors (Lipinski definition) is 0. The predicted molar refractivity (Wildman–Crippen MR) is 101 cm³/mol. The monoisotopic (exact) mass is 367 g/mol. The van der Waals surface area contributed by atoms with Crippen LogP contribution in [0.4, 0.5) is 11.4 Å². The molecule has 7 heteroatoms. The highest BCUT2D eigenvalue weighted by Crippen LogP contribution is 2.36. The van der Waals surface area contributed by atoms with Crippen molar-refractivity contribution < 1.29 is 14.4 Å². The van der Waals surface area contributed by atoms with Crippen LogP contribution in [0.2, 0.25) is 0 Å². The first-order valence-corrected chi connectivity index (χ1v) is 8.92. The maximum Gasteiger partial charge on any atom is 0.270 e. The maximum atomic E-state index is 11.0. The molecule has 0 unspecified atom stereocenters. The number of ether oxygens (including phenoxy) is 2. The fraction of sp³-hybridized carbons (Fsp3) is 0.350. The maximum absolute atomic E-state index is 11.0. The van der Waals surface area contributed by atoms with Gasteiger partial charge < -0.3 is 14.4 Å². The van der Waals surface area contributed by atoms with Gasteiger partial charge in [-0.3, -0.25) is 10.1 Å². The standard InChI is InChI=1S/C20H21N3O4/c1-3-26-19-10-14-7-8-22(13-16(14)11-20(19)27-4-2)18-6-5-17(23(24)25)9-15(18)12-21/h5-6,9-11H,3-4,7-8,13H2,1-2H3. The molecule has 0 radical (unpaired) electrons. The Hall–Kier alpha value is -3.27. The number of nitro groups is 1. The van der Waals surface area contributed by atoms with Crippen molar-refractivity contribution in [3.63, 3.8) is 0 Å². The molecule has 0 saturated heterocycles. The Bertz CT molecular complexity index is 905. The summed E-state index contributed by atoms with van der Waals surface area (Å²) in [6.07, 6.45) is 0.795. The minimum absolute atomic E-state index is 0.0762. The van der Waals surface area contributed by atoms with Crippen LogP contribution in [0.1, 0.15) is 30.5 Å². The molecule has 140 valence electrons. The van der Waals surface area contributed by atoms with E-state index in [4.69, 9.17) is 9.47 Å². The number of hydrogen-bond acceptors (Lipinski definition) is 6. The molecule has 0 saturated carbocycles. The molecule has 1 aliphatic rings. The number of benzene rings is 2. The van der Waals surface area contributed by atoms with Crippen molar-refractivity contribution in [3.8, 4) is 17.6 Å². The highest BCUT2D eigenvalue weighted by molar-refractivity contribution is 5.64. The lowest BCUT2D eigenvalue weighted by Gasteiger charge is -2.32. The number of anilines is 1. The fourth-order valence-corrected chi connectivity index (χ4v) is 3.31. The lowest BCUT2D eigenvalue weighted by molar-refractivity contribution is -0.384. The molecule has 2 aromatic rings. The summed E-state index contributed by atoms with van der Waals surface area (Å²) >= 11 is 0. The summed E-state index contributed by atoms with van der Waals surface area (Å²) in [6.45, 7) is 6.31. The van der Waals surface area contributed by atoms with E-state index in [0.717, 1.165) is 24.3 Å². The van der Waals surface area contributed by atoms with Gasteiger partial charge in [0.25, 0.3) is 5.69 Å². The summed E-state index contributed by atoms with van der Waals surface area (Å²) in [4.78, 5) is 12.5. The van der Waals surface area contributed by atoms with Crippen LogP contribution in [0, 0.1) is 21.4 Å². The molecule has 27 heavy (non-hydrogen) atoms. The Morgan fingerprint density at radius 3 is 2.41 bits per heavy atom. The molecule has 1 aliphatic heterocycles. The third kappa shape index (κ3) is 3.80. The second kappa shape index (κ2) is 7.96. The molecule has 3 rings (SSSR count). The van der Waals surface area contributed by atoms with E-state index in [0.29, 0.717) is 36.8 Å². The molecular formula is C20H21N3O4. The van der Waals surface area contributed by atoms with E-state index in [1.807, 2.05) is 26.0 Å². The zero-order valence-electron chi connectivity index (χ0n) is 15.4. The fourth-order valence-electron chi connectivity index (χ4n) is 3.31. The molecule has 0 N–H and O–H groups in total. The van der Waals surface area contributed by atoms with Crippen molar-refractivity contribution in [2.75, 3.05) is 24.7 Å². The van der Waals surface area contributed by atoms with Crippen LogP contribution in [-0.2, 0) is 13.0 Å². The predicted octanol–water partition coefficient (Wildman–Crippen LogP) is 3.83. The average molecular weight is 367 g/mol. The van der Waals surface area contributed by atoms with Crippen LogP contribution in [-0.4, -0.2) is 24.7 Å². The van der Waals surface area contributed by atoms with Crippen LogP contribution >= 0.6 is 0 Å².